The van der Waals surface area contributed by atoms with Crippen molar-refractivity contribution < 1.29 is 19.3 Å². The monoisotopic (exact) mass is 336 g/mol. The number of carbonyl (C=O) groups is 1. The molecule has 25 heavy (non-hydrogen) atoms. The molecule has 1 saturated heterocycles. The van der Waals surface area contributed by atoms with Gasteiger partial charge in [-0.2, -0.15) is 0 Å². The average molecular weight is 336 g/mol. The normalized spacial score (nSPS) is 25.8. The highest BCUT2D eigenvalue weighted by Crippen LogP contribution is 2.25. The van der Waals surface area contributed by atoms with Crippen LogP contribution in [-0.2, 0) is 4.74 Å². The number of carbonyl (C=O) groups excluding carboxylic acids is 1. The summed E-state index contributed by atoms with van der Waals surface area (Å²) in [5, 5.41) is 0. The Morgan fingerprint density at radius 2 is 1.68 bits per heavy atom. The predicted octanol–water partition coefficient (Wildman–Crippen LogP) is 0.352. The SMILES string of the molecule is O=C1O[C@H]([NH+]2CC[NH+](C/C=C/c3ccccc3)CC2)c2ccccc21. The van der Waals surface area contributed by atoms with Crippen LogP contribution in [0.4, 0.5) is 0 Å². The van der Waals surface area contributed by atoms with Crippen molar-refractivity contribution in [2.45, 2.75) is 6.23 Å². The van der Waals surface area contributed by atoms with Crippen LogP contribution in [0.25, 0.3) is 6.08 Å². The van der Waals surface area contributed by atoms with Gasteiger partial charge in [-0.15, -0.1) is 0 Å². The molecule has 1 atom stereocenters. The van der Waals surface area contributed by atoms with Gasteiger partial charge in [0, 0.05) is 0 Å². The number of cyclic esters (lactones) is 1. The molecule has 0 spiro atoms. The Labute approximate surface area is 148 Å². The molecule has 0 radical (unpaired) electrons. The highest BCUT2D eigenvalue weighted by Gasteiger charge is 2.40. The Balaban J connectivity index is 1.32. The van der Waals surface area contributed by atoms with Gasteiger partial charge in [0.25, 0.3) is 6.23 Å². The lowest BCUT2D eigenvalue weighted by atomic mass is 10.1. The van der Waals surface area contributed by atoms with E-state index in [1.165, 1.54) is 10.5 Å². The number of benzene rings is 2. The van der Waals surface area contributed by atoms with Gasteiger partial charge in [0.05, 0.1) is 17.7 Å². The van der Waals surface area contributed by atoms with Gasteiger partial charge in [-0.05, 0) is 23.8 Å². The summed E-state index contributed by atoms with van der Waals surface area (Å²) in [6, 6.07) is 18.2. The second-order valence-corrected chi connectivity index (χ2v) is 6.80. The zero-order valence-corrected chi connectivity index (χ0v) is 14.3. The summed E-state index contributed by atoms with van der Waals surface area (Å²) in [7, 11) is 0. The second-order valence-electron chi connectivity index (χ2n) is 6.80. The highest BCUT2D eigenvalue weighted by atomic mass is 16.6. The topological polar surface area (TPSA) is 35.2 Å². The van der Waals surface area contributed by atoms with Crippen molar-refractivity contribution in [3.05, 3.63) is 77.4 Å². The Kier molecular flexibility index (Phi) is 4.63. The van der Waals surface area contributed by atoms with Crippen LogP contribution in [0.3, 0.4) is 0 Å². The second kappa shape index (κ2) is 7.21. The van der Waals surface area contributed by atoms with E-state index in [0.717, 1.165) is 43.9 Å². The van der Waals surface area contributed by atoms with Gasteiger partial charge in [0.15, 0.2) is 0 Å². The molecule has 4 heteroatoms. The van der Waals surface area contributed by atoms with E-state index in [9.17, 15) is 4.79 Å². The number of hydrogen-bond acceptors (Lipinski definition) is 2. The fourth-order valence-corrected chi connectivity index (χ4v) is 3.77. The molecule has 0 bridgehead atoms. The molecule has 0 aromatic heterocycles. The number of rotatable bonds is 4. The van der Waals surface area contributed by atoms with Crippen LogP contribution < -0.4 is 9.80 Å². The summed E-state index contributed by atoms with van der Waals surface area (Å²) in [6.45, 7) is 5.31. The molecule has 0 amide bonds. The Morgan fingerprint density at radius 1 is 0.960 bits per heavy atom. The molecule has 128 valence electrons. The predicted molar refractivity (Wildman–Crippen MR) is 96.3 cm³/mol. The van der Waals surface area contributed by atoms with Crippen LogP contribution in [0.2, 0.25) is 0 Å². The van der Waals surface area contributed by atoms with Crippen LogP contribution in [0.5, 0.6) is 0 Å². The lowest BCUT2D eigenvalue weighted by molar-refractivity contribution is -1.03. The molecule has 0 unspecified atom stereocenters. The Bertz CT molecular complexity index is 764. The minimum Gasteiger partial charge on any atom is -0.404 e. The van der Waals surface area contributed by atoms with E-state index in [2.05, 4.69) is 36.4 Å². The van der Waals surface area contributed by atoms with Gasteiger partial charge in [-0.25, -0.2) is 4.79 Å². The van der Waals surface area contributed by atoms with Gasteiger partial charge in [0.2, 0.25) is 0 Å². The van der Waals surface area contributed by atoms with Crippen molar-refractivity contribution in [2.24, 2.45) is 0 Å². The number of fused-ring (bicyclic) bond motifs is 1. The van der Waals surface area contributed by atoms with E-state index in [1.54, 1.807) is 4.90 Å². The maximum Gasteiger partial charge on any atom is 0.343 e. The molecular weight excluding hydrogens is 312 g/mol. The van der Waals surface area contributed by atoms with Crippen LogP contribution in [0, 0.1) is 0 Å². The molecular formula is C21H24N2O2+2. The third-order valence-corrected chi connectivity index (χ3v) is 5.17. The van der Waals surface area contributed by atoms with Crippen molar-refractivity contribution in [3.63, 3.8) is 0 Å². The molecule has 1 fully saturated rings. The molecule has 2 aromatic carbocycles. The lowest BCUT2D eigenvalue weighted by Crippen LogP contribution is -3.28. The van der Waals surface area contributed by atoms with Gasteiger partial charge in [-0.3, -0.25) is 4.90 Å². The molecule has 2 N–H and O–H groups in total. The molecule has 2 heterocycles. The first-order chi connectivity index (χ1) is 12.3. The van der Waals surface area contributed by atoms with Gasteiger partial charge >= 0.3 is 5.97 Å². The number of ether oxygens (including phenoxy) is 1. The van der Waals surface area contributed by atoms with Crippen LogP contribution in [-0.4, -0.2) is 38.7 Å². The molecule has 4 rings (SSSR count). The van der Waals surface area contributed by atoms with E-state index in [0.29, 0.717) is 0 Å². The average Bonchev–Trinajstić information content (AvgIpc) is 3.00. The first-order valence-corrected chi connectivity index (χ1v) is 9.01. The Hall–Kier alpha value is -2.43. The Morgan fingerprint density at radius 3 is 2.48 bits per heavy atom. The van der Waals surface area contributed by atoms with E-state index in [4.69, 9.17) is 4.74 Å². The summed E-state index contributed by atoms with van der Waals surface area (Å²) >= 11 is 0. The van der Waals surface area contributed by atoms with E-state index in [1.807, 2.05) is 30.3 Å². The number of esters is 1. The van der Waals surface area contributed by atoms with Gasteiger partial charge in [-0.1, -0.05) is 48.5 Å². The third-order valence-electron chi connectivity index (χ3n) is 5.17. The number of hydrogen-bond donors (Lipinski definition) is 2. The van der Waals surface area contributed by atoms with E-state index >= 15 is 0 Å². The highest BCUT2D eigenvalue weighted by molar-refractivity contribution is 5.93. The quantitative estimate of drug-likeness (QED) is 0.791. The lowest BCUT2D eigenvalue weighted by Gasteiger charge is -2.31. The van der Waals surface area contributed by atoms with Crippen molar-refractivity contribution in [1.29, 1.82) is 0 Å². The van der Waals surface area contributed by atoms with Gasteiger partial charge < -0.3 is 9.64 Å². The van der Waals surface area contributed by atoms with Crippen LogP contribution >= 0.6 is 0 Å². The standard InChI is InChI=1S/C21H22N2O2/c24-21-19-11-5-4-10-18(19)20(25-21)23-15-13-22(14-16-23)12-6-9-17-7-2-1-3-8-17/h1-11,20H,12-16H2/p+2/b9-6+/t20-/m0/s1. The fraction of sp³-hybridized carbons (Fsp3) is 0.286. The summed E-state index contributed by atoms with van der Waals surface area (Å²) in [5.74, 6) is -0.173. The molecule has 2 aliphatic rings. The largest absolute Gasteiger partial charge is 0.404 e. The van der Waals surface area contributed by atoms with Crippen molar-refractivity contribution in [3.8, 4) is 0 Å². The van der Waals surface area contributed by atoms with Gasteiger partial charge in [0.1, 0.15) is 26.2 Å². The minimum atomic E-state index is -0.173. The molecule has 2 aliphatic heterocycles. The molecule has 0 saturated carbocycles. The fourth-order valence-electron chi connectivity index (χ4n) is 3.77. The first-order valence-electron chi connectivity index (χ1n) is 9.01. The maximum absolute atomic E-state index is 12.0. The summed E-state index contributed by atoms with van der Waals surface area (Å²) in [4.78, 5) is 15.0. The maximum atomic E-state index is 12.0. The number of nitrogens with one attached hydrogen (secondary N) is 2. The molecule has 2 aromatic rings. The van der Waals surface area contributed by atoms with Crippen molar-refractivity contribution in [2.75, 3.05) is 32.7 Å². The van der Waals surface area contributed by atoms with E-state index < -0.39 is 0 Å². The first kappa shape index (κ1) is 16.1. The summed E-state index contributed by atoms with van der Waals surface area (Å²) in [5.41, 5.74) is 3.04. The smallest absolute Gasteiger partial charge is 0.343 e. The van der Waals surface area contributed by atoms with Crippen molar-refractivity contribution in [1.82, 2.24) is 0 Å². The van der Waals surface area contributed by atoms with Crippen LogP contribution in [0.1, 0.15) is 27.7 Å². The number of quaternary nitrogens is 2. The van der Waals surface area contributed by atoms with Crippen LogP contribution in [0.15, 0.2) is 60.7 Å². The zero-order chi connectivity index (χ0) is 17.1. The molecule has 0 aliphatic carbocycles. The molecule has 4 nitrogen and oxygen atoms in total. The third kappa shape index (κ3) is 3.50. The summed E-state index contributed by atoms with van der Waals surface area (Å²) < 4.78 is 5.65. The number of piperazine rings is 1. The zero-order valence-electron chi connectivity index (χ0n) is 14.3. The van der Waals surface area contributed by atoms with Crippen molar-refractivity contribution >= 4 is 12.0 Å². The van der Waals surface area contributed by atoms with E-state index in [-0.39, 0.29) is 12.2 Å². The summed E-state index contributed by atoms with van der Waals surface area (Å²) in [6.07, 6.45) is 4.34. The minimum absolute atomic E-state index is 0.120.